The Bertz CT molecular complexity index is 1350. The molecule has 0 heterocycles. The summed E-state index contributed by atoms with van der Waals surface area (Å²) in [6.07, 6.45) is 0.843. The van der Waals surface area contributed by atoms with Gasteiger partial charge in [-0.05, 0) is 72.9 Å². The third-order valence-electron chi connectivity index (χ3n) is 6.08. The van der Waals surface area contributed by atoms with Crippen molar-refractivity contribution in [2.75, 3.05) is 10.6 Å². The number of aryl methyl sites for hydroxylation is 3. The first-order valence-electron chi connectivity index (χ1n) is 12.0. The molecule has 0 saturated carbocycles. The van der Waals surface area contributed by atoms with Crippen molar-refractivity contribution in [1.82, 2.24) is 0 Å². The Morgan fingerprint density at radius 2 is 1.42 bits per heavy atom. The molecule has 4 aromatic rings. The fourth-order valence-corrected chi connectivity index (χ4v) is 5.10. The Morgan fingerprint density at radius 1 is 0.750 bits per heavy atom. The van der Waals surface area contributed by atoms with Gasteiger partial charge in [0.1, 0.15) is 5.25 Å². The molecule has 0 bridgehead atoms. The van der Waals surface area contributed by atoms with Crippen molar-refractivity contribution >= 4 is 35.0 Å². The van der Waals surface area contributed by atoms with Gasteiger partial charge < -0.3 is 10.6 Å². The zero-order valence-electron chi connectivity index (χ0n) is 20.7. The second-order valence-electron chi connectivity index (χ2n) is 8.65. The summed E-state index contributed by atoms with van der Waals surface area (Å²) in [6, 6.07) is 31.0. The van der Waals surface area contributed by atoms with Crippen LogP contribution in [0.2, 0.25) is 0 Å². The molecule has 0 radical (unpaired) electrons. The Hall–Kier alpha value is -3.83. The Balaban J connectivity index is 1.53. The van der Waals surface area contributed by atoms with Gasteiger partial charge >= 0.3 is 0 Å². The minimum atomic E-state index is -0.428. The van der Waals surface area contributed by atoms with E-state index in [0.29, 0.717) is 11.3 Å². The lowest BCUT2D eigenvalue weighted by atomic mass is 10.1. The van der Waals surface area contributed by atoms with Crippen LogP contribution in [0.5, 0.6) is 0 Å². The van der Waals surface area contributed by atoms with Gasteiger partial charge in [0.2, 0.25) is 5.91 Å². The number of carbonyl (C=O) groups is 2. The van der Waals surface area contributed by atoms with Crippen molar-refractivity contribution in [3.63, 3.8) is 0 Å². The molecule has 4 rings (SSSR count). The van der Waals surface area contributed by atoms with Crippen LogP contribution in [-0.2, 0) is 11.2 Å². The summed E-state index contributed by atoms with van der Waals surface area (Å²) in [5.74, 6) is -0.202. The lowest BCUT2D eigenvalue weighted by Gasteiger charge is -2.20. The van der Waals surface area contributed by atoms with E-state index in [0.717, 1.165) is 39.3 Å². The summed E-state index contributed by atoms with van der Waals surface area (Å²) in [4.78, 5) is 27.1. The fraction of sp³-hybridized carbons (Fsp3) is 0.161. The monoisotopic (exact) mass is 494 g/mol. The van der Waals surface area contributed by atoms with Gasteiger partial charge in [0.25, 0.3) is 5.91 Å². The average Bonchev–Trinajstić information content (AvgIpc) is 2.90. The predicted octanol–water partition coefficient (Wildman–Crippen LogP) is 7.59. The van der Waals surface area contributed by atoms with Gasteiger partial charge in [0.05, 0.1) is 0 Å². The van der Waals surface area contributed by atoms with Gasteiger partial charge in [-0.15, -0.1) is 11.8 Å². The molecule has 0 saturated heterocycles. The first-order chi connectivity index (χ1) is 17.5. The van der Waals surface area contributed by atoms with Crippen LogP contribution in [0.4, 0.5) is 11.4 Å². The van der Waals surface area contributed by atoms with Crippen molar-refractivity contribution in [2.45, 2.75) is 37.3 Å². The molecule has 2 amide bonds. The highest BCUT2D eigenvalue weighted by Crippen LogP contribution is 2.37. The number of carbonyl (C=O) groups excluding carboxylic acids is 2. The lowest BCUT2D eigenvalue weighted by molar-refractivity contribution is -0.115. The van der Waals surface area contributed by atoms with Crippen molar-refractivity contribution in [3.8, 4) is 0 Å². The van der Waals surface area contributed by atoms with E-state index in [1.165, 1.54) is 11.8 Å². The number of anilines is 2. The number of hydrogen-bond donors (Lipinski definition) is 2. The number of benzene rings is 4. The van der Waals surface area contributed by atoms with E-state index in [1.54, 1.807) is 0 Å². The minimum absolute atomic E-state index is 0.0628. The van der Waals surface area contributed by atoms with Gasteiger partial charge in [0, 0.05) is 21.8 Å². The molecule has 1 unspecified atom stereocenters. The quantitative estimate of drug-likeness (QED) is 0.248. The van der Waals surface area contributed by atoms with E-state index < -0.39 is 5.25 Å². The number of para-hydroxylation sites is 1. The zero-order valence-corrected chi connectivity index (χ0v) is 21.6. The molecular formula is C31H30N2O2S. The molecule has 2 N–H and O–H groups in total. The Kier molecular flexibility index (Phi) is 8.24. The van der Waals surface area contributed by atoms with Crippen LogP contribution < -0.4 is 10.6 Å². The molecule has 0 spiro atoms. The SMILES string of the molecule is CCc1cccc(C)c1NC(=O)C(Sc1ccc(NC(=O)c2ccccc2C)cc1)c1ccccc1. The van der Waals surface area contributed by atoms with E-state index in [9.17, 15) is 9.59 Å². The van der Waals surface area contributed by atoms with Crippen molar-refractivity contribution in [3.05, 3.63) is 125 Å². The maximum atomic E-state index is 13.6. The summed E-state index contributed by atoms with van der Waals surface area (Å²) in [5, 5.41) is 5.72. The molecule has 0 fully saturated rings. The highest BCUT2D eigenvalue weighted by Gasteiger charge is 2.23. The van der Waals surface area contributed by atoms with Gasteiger partial charge in [-0.25, -0.2) is 0 Å². The molecule has 4 nitrogen and oxygen atoms in total. The van der Waals surface area contributed by atoms with Crippen molar-refractivity contribution in [1.29, 1.82) is 0 Å². The lowest BCUT2D eigenvalue weighted by Crippen LogP contribution is -2.20. The summed E-state index contributed by atoms with van der Waals surface area (Å²) in [5.41, 5.74) is 6.28. The molecular weight excluding hydrogens is 464 g/mol. The molecule has 0 aliphatic heterocycles. The van der Waals surface area contributed by atoms with Crippen LogP contribution in [0.25, 0.3) is 0 Å². The predicted molar refractivity (Wildman–Crippen MR) is 150 cm³/mol. The van der Waals surface area contributed by atoms with Crippen molar-refractivity contribution in [2.24, 2.45) is 0 Å². The number of amides is 2. The third kappa shape index (κ3) is 6.04. The van der Waals surface area contributed by atoms with E-state index in [4.69, 9.17) is 0 Å². The van der Waals surface area contributed by atoms with Crippen LogP contribution in [0.1, 0.15) is 44.8 Å². The maximum Gasteiger partial charge on any atom is 0.255 e. The molecule has 4 aromatic carbocycles. The molecule has 36 heavy (non-hydrogen) atoms. The van der Waals surface area contributed by atoms with Gasteiger partial charge in [-0.2, -0.15) is 0 Å². The Labute approximate surface area is 217 Å². The number of thioether (sulfide) groups is 1. The second-order valence-corrected chi connectivity index (χ2v) is 9.83. The summed E-state index contributed by atoms with van der Waals surface area (Å²) in [7, 11) is 0. The molecule has 1 atom stereocenters. The summed E-state index contributed by atoms with van der Waals surface area (Å²) in [6.45, 7) is 6.03. The smallest absolute Gasteiger partial charge is 0.255 e. The second kappa shape index (κ2) is 11.7. The van der Waals surface area contributed by atoms with Crippen LogP contribution in [-0.4, -0.2) is 11.8 Å². The van der Waals surface area contributed by atoms with Crippen LogP contribution in [0.3, 0.4) is 0 Å². The van der Waals surface area contributed by atoms with Crippen molar-refractivity contribution < 1.29 is 9.59 Å². The largest absolute Gasteiger partial charge is 0.324 e. The number of hydrogen-bond acceptors (Lipinski definition) is 3. The van der Waals surface area contributed by atoms with Crippen LogP contribution in [0.15, 0.2) is 102 Å². The zero-order chi connectivity index (χ0) is 25.5. The normalized spacial score (nSPS) is 11.5. The van der Waals surface area contributed by atoms with Crippen LogP contribution in [0, 0.1) is 13.8 Å². The summed E-state index contributed by atoms with van der Waals surface area (Å²) < 4.78 is 0. The van der Waals surface area contributed by atoms with E-state index >= 15 is 0 Å². The topological polar surface area (TPSA) is 58.2 Å². The first-order valence-corrected chi connectivity index (χ1v) is 12.9. The third-order valence-corrected chi connectivity index (χ3v) is 7.35. The minimum Gasteiger partial charge on any atom is -0.324 e. The molecule has 182 valence electrons. The standard InChI is InChI=1S/C31H30N2O2S/c1-4-23-15-10-12-22(3)28(23)33-31(35)29(24-13-6-5-7-14-24)36-26-19-17-25(18-20-26)32-30(34)27-16-9-8-11-21(27)2/h5-20,29H,4H2,1-3H3,(H,32,34)(H,33,35). The summed E-state index contributed by atoms with van der Waals surface area (Å²) >= 11 is 1.49. The first kappa shape index (κ1) is 25.3. The van der Waals surface area contributed by atoms with Gasteiger partial charge in [-0.1, -0.05) is 73.7 Å². The number of nitrogens with one attached hydrogen (secondary N) is 2. The van der Waals surface area contributed by atoms with E-state index in [1.807, 2.05) is 105 Å². The van der Waals surface area contributed by atoms with E-state index in [2.05, 4.69) is 23.6 Å². The highest BCUT2D eigenvalue weighted by molar-refractivity contribution is 8.00. The highest BCUT2D eigenvalue weighted by atomic mass is 32.2. The van der Waals surface area contributed by atoms with Gasteiger partial charge in [0.15, 0.2) is 0 Å². The Morgan fingerprint density at radius 3 is 2.11 bits per heavy atom. The molecule has 5 heteroatoms. The van der Waals surface area contributed by atoms with Crippen LogP contribution >= 0.6 is 11.8 Å². The maximum absolute atomic E-state index is 13.6. The van der Waals surface area contributed by atoms with Gasteiger partial charge in [-0.3, -0.25) is 9.59 Å². The molecule has 0 aromatic heterocycles. The molecule has 0 aliphatic rings. The average molecular weight is 495 g/mol. The van der Waals surface area contributed by atoms with E-state index in [-0.39, 0.29) is 11.8 Å². The molecule has 0 aliphatic carbocycles. The number of rotatable bonds is 8. The fourth-order valence-electron chi connectivity index (χ4n) is 4.07.